The topological polar surface area (TPSA) is 149 Å². The van der Waals surface area contributed by atoms with Crippen molar-refractivity contribution in [2.24, 2.45) is 5.41 Å². The zero-order chi connectivity index (χ0) is 18.1. The molecule has 8 nitrogen and oxygen atoms in total. The second kappa shape index (κ2) is 5.99. The van der Waals surface area contributed by atoms with Crippen LogP contribution in [-0.2, 0) is 9.59 Å². The fourth-order valence-electron chi connectivity index (χ4n) is 2.45. The Kier molecular flexibility index (Phi) is 4.23. The summed E-state index contributed by atoms with van der Waals surface area (Å²) >= 11 is 0. The van der Waals surface area contributed by atoms with Crippen molar-refractivity contribution in [1.29, 1.82) is 0 Å². The molecule has 0 spiro atoms. The van der Waals surface area contributed by atoms with Crippen LogP contribution in [0.5, 0.6) is 0 Å². The Hall–Kier alpha value is -3.42. The van der Waals surface area contributed by atoms with Crippen LogP contribution in [0.25, 0.3) is 5.57 Å². The molecule has 0 atom stereocenters. The summed E-state index contributed by atoms with van der Waals surface area (Å²) in [6, 6.07) is 3.87. The largest absolute Gasteiger partial charge is 0.480 e. The summed E-state index contributed by atoms with van der Waals surface area (Å²) in [6.07, 6.45) is 3.03. The maximum Gasteiger partial charge on any atom is 0.337 e. The molecule has 1 aliphatic carbocycles. The van der Waals surface area contributed by atoms with Crippen molar-refractivity contribution in [2.45, 2.75) is 6.42 Å². The average Bonchev–Trinajstić information content (AvgIpc) is 2.53. The highest BCUT2D eigenvalue weighted by molar-refractivity contribution is 6.07. The van der Waals surface area contributed by atoms with Crippen LogP contribution in [0.1, 0.15) is 32.7 Å². The molecule has 0 fully saturated rings. The molecule has 0 heterocycles. The third kappa shape index (κ3) is 2.65. The number of hydrogen-bond donors (Lipinski definition) is 4. The molecule has 0 saturated heterocycles. The van der Waals surface area contributed by atoms with Gasteiger partial charge >= 0.3 is 23.9 Å². The summed E-state index contributed by atoms with van der Waals surface area (Å²) in [5.41, 5.74) is -2.67. The van der Waals surface area contributed by atoms with Crippen LogP contribution in [0.2, 0.25) is 0 Å². The molecular weight excluding hydrogens is 320 g/mol. The maximum atomic E-state index is 11.4. The molecule has 0 aromatic heterocycles. The molecule has 0 saturated carbocycles. The van der Waals surface area contributed by atoms with Gasteiger partial charge < -0.3 is 20.4 Å². The minimum atomic E-state index is -2.13. The average molecular weight is 332 g/mol. The van der Waals surface area contributed by atoms with Crippen LogP contribution in [-0.4, -0.2) is 44.3 Å². The molecule has 1 aromatic carbocycles. The summed E-state index contributed by atoms with van der Waals surface area (Å²) in [5.74, 6) is -5.95. The molecule has 24 heavy (non-hydrogen) atoms. The van der Waals surface area contributed by atoms with Crippen molar-refractivity contribution in [3.63, 3.8) is 0 Å². The molecule has 124 valence electrons. The second-order valence-electron chi connectivity index (χ2n) is 5.12. The van der Waals surface area contributed by atoms with E-state index in [1.807, 2.05) is 0 Å². The van der Waals surface area contributed by atoms with Crippen molar-refractivity contribution in [1.82, 2.24) is 0 Å². The lowest BCUT2D eigenvalue weighted by molar-refractivity contribution is -0.160. The van der Waals surface area contributed by atoms with Gasteiger partial charge in [0.2, 0.25) is 0 Å². The SMILES string of the molecule is O=C(O)c1cccc(C2=CCC(C(=O)O)(C(=O)O)C=C2)c1C(=O)O. The van der Waals surface area contributed by atoms with Gasteiger partial charge in [-0.2, -0.15) is 0 Å². The highest BCUT2D eigenvalue weighted by Gasteiger charge is 2.44. The second-order valence-corrected chi connectivity index (χ2v) is 5.12. The molecular formula is C16H12O8. The maximum absolute atomic E-state index is 11.4. The van der Waals surface area contributed by atoms with Crippen LogP contribution in [0, 0.1) is 5.41 Å². The summed E-state index contributed by atoms with van der Waals surface area (Å²) in [6.45, 7) is 0. The zero-order valence-electron chi connectivity index (χ0n) is 12.1. The van der Waals surface area contributed by atoms with E-state index in [0.717, 1.165) is 12.1 Å². The van der Waals surface area contributed by atoms with Crippen LogP contribution in [0.15, 0.2) is 36.4 Å². The van der Waals surface area contributed by atoms with Gasteiger partial charge in [0, 0.05) is 0 Å². The molecule has 0 unspecified atom stereocenters. The van der Waals surface area contributed by atoms with Crippen LogP contribution in [0.4, 0.5) is 0 Å². The zero-order valence-corrected chi connectivity index (χ0v) is 12.1. The first kappa shape index (κ1) is 16.9. The van der Waals surface area contributed by atoms with E-state index in [0.29, 0.717) is 0 Å². The number of allylic oxidation sites excluding steroid dienone is 3. The summed E-state index contributed by atoms with van der Waals surface area (Å²) in [4.78, 5) is 45.1. The van der Waals surface area contributed by atoms with Gasteiger partial charge in [0.05, 0.1) is 11.1 Å². The van der Waals surface area contributed by atoms with Crippen molar-refractivity contribution >= 4 is 29.5 Å². The Bertz CT molecular complexity index is 801. The van der Waals surface area contributed by atoms with Gasteiger partial charge in [0.25, 0.3) is 0 Å². The predicted molar refractivity (Wildman–Crippen MR) is 79.8 cm³/mol. The van der Waals surface area contributed by atoms with E-state index in [1.165, 1.54) is 24.3 Å². The van der Waals surface area contributed by atoms with Gasteiger partial charge in [-0.1, -0.05) is 30.4 Å². The van der Waals surface area contributed by atoms with Crippen molar-refractivity contribution in [3.8, 4) is 0 Å². The fraction of sp³-hybridized carbons (Fsp3) is 0.125. The molecule has 8 heteroatoms. The first-order valence-electron chi connectivity index (χ1n) is 6.67. The van der Waals surface area contributed by atoms with Gasteiger partial charge in [0.15, 0.2) is 5.41 Å². The van der Waals surface area contributed by atoms with Gasteiger partial charge in [-0.3, -0.25) is 9.59 Å². The summed E-state index contributed by atoms with van der Waals surface area (Å²) < 4.78 is 0. The number of carboxylic acid groups (broad SMARTS) is 4. The Morgan fingerprint density at radius 2 is 1.54 bits per heavy atom. The number of carboxylic acids is 4. The van der Waals surface area contributed by atoms with E-state index < -0.39 is 40.4 Å². The Morgan fingerprint density at radius 1 is 0.917 bits per heavy atom. The number of hydrogen-bond acceptors (Lipinski definition) is 4. The van der Waals surface area contributed by atoms with E-state index in [9.17, 15) is 24.3 Å². The lowest BCUT2D eigenvalue weighted by atomic mass is 9.78. The van der Waals surface area contributed by atoms with E-state index >= 15 is 0 Å². The first-order chi connectivity index (χ1) is 11.2. The van der Waals surface area contributed by atoms with Gasteiger partial charge in [0.1, 0.15) is 0 Å². The van der Waals surface area contributed by atoms with Crippen LogP contribution >= 0.6 is 0 Å². The highest BCUT2D eigenvalue weighted by Crippen LogP contribution is 2.35. The van der Waals surface area contributed by atoms with Gasteiger partial charge in [-0.15, -0.1) is 0 Å². The number of aliphatic carboxylic acids is 2. The van der Waals surface area contributed by atoms with E-state index in [-0.39, 0.29) is 17.6 Å². The molecule has 2 rings (SSSR count). The monoisotopic (exact) mass is 332 g/mol. The molecule has 4 N–H and O–H groups in total. The third-order valence-electron chi connectivity index (χ3n) is 3.77. The van der Waals surface area contributed by atoms with Crippen molar-refractivity contribution in [3.05, 3.63) is 53.1 Å². The van der Waals surface area contributed by atoms with Crippen molar-refractivity contribution < 1.29 is 39.6 Å². The minimum Gasteiger partial charge on any atom is -0.480 e. The third-order valence-corrected chi connectivity index (χ3v) is 3.77. The highest BCUT2D eigenvalue weighted by atomic mass is 16.4. The number of aromatic carboxylic acids is 2. The molecule has 1 aromatic rings. The number of benzene rings is 1. The van der Waals surface area contributed by atoms with Crippen molar-refractivity contribution in [2.75, 3.05) is 0 Å². The number of carbonyl (C=O) groups is 4. The Morgan fingerprint density at radius 3 is 1.96 bits per heavy atom. The summed E-state index contributed by atoms with van der Waals surface area (Å²) in [7, 11) is 0. The van der Waals surface area contributed by atoms with E-state index in [2.05, 4.69) is 0 Å². The van der Waals surface area contributed by atoms with Gasteiger partial charge in [-0.05, 0) is 23.6 Å². The van der Waals surface area contributed by atoms with Crippen LogP contribution in [0.3, 0.4) is 0 Å². The molecule has 0 bridgehead atoms. The van der Waals surface area contributed by atoms with E-state index in [1.54, 1.807) is 0 Å². The molecule has 0 amide bonds. The lowest BCUT2D eigenvalue weighted by Gasteiger charge is -2.23. The smallest absolute Gasteiger partial charge is 0.337 e. The Balaban J connectivity index is 2.55. The quantitative estimate of drug-likeness (QED) is 0.594. The van der Waals surface area contributed by atoms with E-state index in [4.69, 9.17) is 15.3 Å². The Labute approximate surface area is 135 Å². The lowest BCUT2D eigenvalue weighted by Crippen LogP contribution is -2.38. The molecule has 1 aliphatic rings. The van der Waals surface area contributed by atoms with Crippen LogP contribution < -0.4 is 0 Å². The normalized spacial score (nSPS) is 15.4. The first-order valence-corrected chi connectivity index (χ1v) is 6.67. The number of rotatable bonds is 5. The van der Waals surface area contributed by atoms with Gasteiger partial charge in [-0.25, -0.2) is 9.59 Å². The summed E-state index contributed by atoms with van der Waals surface area (Å²) in [5, 5.41) is 36.7. The predicted octanol–water partition coefficient (Wildman–Crippen LogP) is 1.58. The minimum absolute atomic E-state index is 0.0722. The molecule has 0 radical (unpaired) electrons. The molecule has 0 aliphatic heterocycles. The standard InChI is InChI=1S/C16H12O8/c17-12(18)10-3-1-2-9(11(10)13(19)20)8-4-6-16(7-5-8,14(21)22)15(23)24/h1-6H,7H2,(H,17,18)(H,19,20)(H,21,22)(H,23,24). The fourth-order valence-corrected chi connectivity index (χ4v) is 2.45.